The molecule has 0 saturated heterocycles. The summed E-state index contributed by atoms with van der Waals surface area (Å²) in [5.74, 6) is 1.38. The second-order valence-electron chi connectivity index (χ2n) is 6.41. The molecule has 0 aliphatic carbocycles. The third-order valence-electron chi connectivity index (χ3n) is 4.46. The Morgan fingerprint density at radius 1 is 1.20 bits per heavy atom. The molecule has 0 amide bonds. The van der Waals surface area contributed by atoms with Gasteiger partial charge in [0, 0.05) is 38.3 Å². The van der Waals surface area contributed by atoms with Gasteiger partial charge in [-0.25, -0.2) is 4.98 Å². The first kappa shape index (κ1) is 26.0. The summed E-state index contributed by atoms with van der Waals surface area (Å²) in [5, 5.41) is 12.9. The number of alkyl halides is 3. The van der Waals surface area contributed by atoms with Crippen LogP contribution >= 0.6 is 24.0 Å². The molecular formula is C19H28F3IN6O. The molecule has 168 valence electrons. The fraction of sp³-hybridized carbons (Fsp3) is 0.526. The first-order chi connectivity index (χ1) is 13.9. The summed E-state index contributed by atoms with van der Waals surface area (Å²) in [7, 11) is 1.61. The third kappa shape index (κ3) is 7.65. The van der Waals surface area contributed by atoms with Crippen molar-refractivity contribution in [1.29, 1.82) is 0 Å². The molecule has 0 radical (unpaired) electrons. The van der Waals surface area contributed by atoms with Crippen molar-refractivity contribution in [2.75, 3.05) is 25.5 Å². The maximum Gasteiger partial charge on any atom is 0.419 e. The minimum atomic E-state index is -4.45. The van der Waals surface area contributed by atoms with Crippen molar-refractivity contribution in [2.45, 2.75) is 45.3 Å². The van der Waals surface area contributed by atoms with E-state index in [9.17, 15) is 13.2 Å². The zero-order chi connectivity index (χ0) is 21.3. The lowest BCUT2D eigenvalue weighted by atomic mass is 9.99. The molecule has 0 atom stereocenters. The van der Waals surface area contributed by atoms with Gasteiger partial charge in [0.2, 0.25) is 0 Å². The molecular weight excluding hydrogens is 512 g/mol. The van der Waals surface area contributed by atoms with Crippen LogP contribution in [0.25, 0.3) is 0 Å². The third-order valence-corrected chi connectivity index (χ3v) is 4.46. The molecule has 2 heterocycles. The fourth-order valence-corrected chi connectivity index (χ4v) is 2.84. The molecule has 30 heavy (non-hydrogen) atoms. The van der Waals surface area contributed by atoms with Crippen LogP contribution in [0, 0.1) is 0 Å². The summed E-state index contributed by atoms with van der Waals surface area (Å²) < 4.78 is 44.2. The Kier molecular flexibility index (Phi) is 10.9. The average Bonchev–Trinajstić information content (AvgIpc) is 3.16. The van der Waals surface area contributed by atoms with Gasteiger partial charge in [-0.05, 0) is 25.0 Å². The molecule has 2 aromatic heterocycles. The van der Waals surface area contributed by atoms with Gasteiger partial charge < -0.3 is 20.5 Å². The summed E-state index contributed by atoms with van der Waals surface area (Å²) in [6.45, 7) is 5.22. The highest BCUT2D eigenvalue weighted by molar-refractivity contribution is 14.0. The van der Waals surface area contributed by atoms with Crippen LogP contribution in [0.4, 0.5) is 19.0 Å². The van der Waals surface area contributed by atoms with Crippen LogP contribution < -0.4 is 16.0 Å². The van der Waals surface area contributed by atoms with Crippen LogP contribution in [0.2, 0.25) is 0 Å². The summed E-state index contributed by atoms with van der Waals surface area (Å²) >= 11 is 0. The Hall–Kier alpha value is -2.05. The first-order valence-corrected chi connectivity index (χ1v) is 9.55. The van der Waals surface area contributed by atoms with Crippen molar-refractivity contribution in [3.63, 3.8) is 0 Å². The summed E-state index contributed by atoms with van der Waals surface area (Å²) in [6, 6.07) is 4.19. The molecule has 0 unspecified atom stereocenters. The van der Waals surface area contributed by atoms with Crippen molar-refractivity contribution < 1.29 is 17.7 Å². The van der Waals surface area contributed by atoms with Gasteiger partial charge in [-0.15, -0.1) is 24.0 Å². The number of aromatic nitrogens is 2. The van der Waals surface area contributed by atoms with Crippen molar-refractivity contribution >= 4 is 35.8 Å². The minimum Gasteiger partial charge on any atom is -0.368 e. The topological polar surface area (TPSA) is 87.4 Å². The second-order valence-corrected chi connectivity index (χ2v) is 6.41. The summed E-state index contributed by atoms with van der Waals surface area (Å²) in [4.78, 5) is 7.85. The molecule has 11 heteroatoms. The zero-order valence-electron chi connectivity index (χ0n) is 17.2. The van der Waals surface area contributed by atoms with E-state index in [0.29, 0.717) is 30.7 Å². The van der Waals surface area contributed by atoms with E-state index in [0.717, 1.165) is 24.6 Å². The van der Waals surface area contributed by atoms with E-state index in [2.05, 4.69) is 44.9 Å². The number of nitrogens with zero attached hydrogens (tertiary/aromatic N) is 3. The highest BCUT2D eigenvalue weighted by Crippen LogP contribution is 2.33. The van der Waals surface area contributed by atoms with E-state index < -0.39 is 11.7 Å². The SMILES string of the molecule is CCC(CC)c1cc(CNC(=NC)NCCNc2ncccc2C(F)(F)F)on1.I. The van der Waals surface area contributed by atoms with Crippen LogP contribution in [0.1, 0.15) is 49.6 Å². The zero-order valence-corrected chi connectivity index (χ0v) is 19.5. The Labute approximate surface area is 191 Å². The number of hydrogen-bond donors (Lipinski definition) is 3. The minimum absolute atomic E-state index is 0. The number of guanidine groups is 1. The number of pyridine rings is 1. The van der Waals surface area contributed by atoms with Gasteiger partial charge in [0.25, 0.3) is 0 Å². The number of halogens is 4. The Bertz CT molecular complexity index is 793. The molecule has 0 spiro atoms. The summed E-state index contributed by atoms with van der Waals surface area (Å²) in [6.07, 6.45) is -1.14. The van der Waals surface area contributed by atoms with Crippen LogP contribution in [0.5, 0.6) is 0 Å². The average molecular weight is 540 g/mol. The van der Waals surface area contributed by atoms with Gasteiger partial charge in [0.05, 0.1) is 17.8 Å². The van der Waals surface area contributed by atoms with Gasteiger partial charge >= 0.3 is 6.18 Å². The largest absolute Gasteiger partial charge is 0.419 e. The van der Waals surface area contributed by atoms with Crippen molar-refractivity contribution in [3.8, 4) is 0 Å². The van der Waals surface area contributed by atoms with Gasteiger partial charge in [-0.2, -0.15) is 13.2 Å². The van der Waals surface area contributed by atoms with E-state index in [4.69, 9.17) is 4.52 Å². The molecule has 0 fully saturated rings. The number of nitrogens with one attached hydrogen (secondary N) is 3. The Balaban J connectivity index is 0.00000450. The second kappa shape index (κ2) is 12.6. The molecule has 2 rings (SSSR count). The van der Waals surface area contributed by atoms with E-state index in [1.54, 1.807) is 7.05 Å². The molecule has 2 aromatic rings. The van der Waals surface area contributed by atoms with Crippen molar-refractivity contribution in [1.82, 2.24) is 20.8 Å². The van der Waals surface area contributed by atoms with E-state index in [-0.39, 0.29) is 36.3 Å². The highest BCUT2D eigenvalue weighted by Gasteiger charge is 2.33. The van der Waals surface area contributed by atoms with Gasteiger partial charge in [-0.1, -0.05) is 19.0 Å². The van der Waals surface area contributed by atoms with E-state index in [1.165, 1.54) is 12.3 Å². The lowest BCUT2D eigenvalue weighted by molar-refractivity contribution is -0.137. The normalized spacial score (nSPS) is 11.9. The van der Waals surface area contributed by atoms with Crippen LogP contribution in [-0.4, -0.2) is 36.2 Å². The molecule has 0 aliphatic heterocycles. The lowest BCUT2D eigenvalue weighted by Crippen LogP contribution is -2.39. The fourth-order valence-electron chi connectivity index (χ4n) is 2.84. The van der Waals surface area contributed by atoms with Crippen molar-refractivity contribution in [2.24, 2.45) is 4.99 Å². The van der Waals surface area contributed by atoms with Crippen LogP contribution in [0.15, 0.2) is 33.9 Å². The van der Waals surface area contributed by atoms with Crippen LogP contribution in [-0.2, 0) is 12.7 Å². The first-order valence-electron chi connectivity index (χ1n) is 9.55. The standard InChI is InChI=1S/C19H27F3N6O.HI/c1-4-13(5-2)16-11-14(29-28-16)12-27-18(23-3)26-10-9-25-17-15(19(20,21)22)7-6-8-24-17;/h6-8,11,13H,4-5,9-10,12H2,1-3H3,(H,24,25)(H2,23,26,27);1H. The molecule has 3 N–H and O–H groups in total. The Morgan fingerprint density at radius 3 is 2.57 bits per heavy atom. The quantitative estimate of drug-likeness (QED) is 0.189. The summed E-state index contributed by atoms with van der Waals surface area (Å²) in [5.41, 5.74) is 0.149. The predicted molar refractivity (Wildman–Crippen MR) is 121 cm³/mol. The van der Waals surface area contributed by atoms with Gasteiger partial charge in [0.15, 0.2) is 11.7 Å². The molecule has 0 aromatic carbocycles. The number of rotatable bonds is 9. The molecule has 0 aliphatic rings. The molecule has 0 bridgehead atoms. The predicted octanol–water partition coefficient (Wildman–Crippen LogP) is 4.39. The van der Waals surface area contributed by atoms with Crippen molar-refractivity contribution in [3.05, 3.63) is 41.4 Å². The molecule has 0 saturated carbocycles. The highest BCUT2D eigenvalue weighted by atomic mass is 127. The Morgan fingerprint density at radius 2 is 1.93 bits per heavy atom. The van der Waals surface area contributed by atoms with Crippen LogP contribution in [0.3, 0.4) is 0 Å². The maximum atomic E-state index is 13.0. The monoisotopic (exact) mass is 540 g/mol. The van der Waals surface area contributed by atoms with E-state index in [1.807, 2.05) is 6.07 Å². The smallest absolute Gasteiger partial charge is 0.368 e. The van der Waals surface area contributed by atoms with E-state index >= 15 is 0 Å². The maximum absolute atomic E-state index is 13.0. The van der Waals surface area contributed by atoms with Gasteiger partial charge in [-0.3, -0.25) is 4.99 Å². The molecule has 7 nitrogen and oxygen atoms in total. The number of aliphatic imine (C=N–C) groups is 1. The lowest BCUT2D eigenvalue weighted by Gasteiger charge is -2.14. The van der Waals surface area contributed by atoms with Gasteiger partial charge in [0.1, 0.15) is 5.82 Å². The number of hydrogen-bond acceptors (Lipinski definition) is 5. The number of anilines is 1.